The van der Waals surface area contributed by atoms with Crippen LogP contribution in [0.2, 0.25) is 0 Å². The van der Waals surface area contributed by atoms with E-state index in [1.807, 2.05) is 11.0 Å². The van der Waals surface area contributed by atoms with Gasteiger partial charge in [0.15, 0.2) is 0 Å². The van der Waals surface area contributed by atoms with Crippen LogP contribution in [0.25, 0.3) is 0 Å². The topological polar surface area (TPSA) is 72.1 Å². The summed E-state index contributed by atoms with van der Waals surface area (Å²) in [5.41, 5.74) is 6.36. The van der Waals surface area contributed by atoms with Gasteiger partial charge in [0.2, 0.25) is 11.9 Å². The molecule has 1 aliphatic rings. The molecule has 5 nitrogen and oxygen atoms in total. The van der Waals surface area contributed by atoms with Gasteiger partial charge in [-0.25, -0.2) is 9.97 Å². The first-order chi connectivity index (χ1) is 7.18. The van der Waals surface area contributed by atoms with E-state index >= 15 is 0 Å². The molecule has 80 valence electrons. The lowest BCUT2D eigenvalue weighted by Gasteiger charge is -2.22. The molecule has 1 saturated heterocycles. The van der Waals surface area contributed by atoms with Crippen molar-refractivity contribution in [2.75, 3.05) is 12.3 Å². The number of nitrogens with zero attached hydrogens (tertiary/aromatic N) is 3. The molecule has 1 amide bonds. The summed E-state index contributed by atoms with van der Waals surface area (Å²) in [6.45, 7) is 2.40. The maximum Gasteiger partial charge on any atom is 0.220 e. The first-order valence-corrected chi connectivity index (χ1v) is 5.04. The SMILES string of the molecule is CC(=O)N1CCCC1c1ccnc(N)n1. The van der Waals surface area contributed by atoms with Crippen LogP contribution in [-0.4, -0.2) is 27.3 Å². The van der Waals surface area contributed by atoms with Gasteiger partial charge in [-0.05, 0) is 18.9 Å². The fourth-order valence-electron chi connectivity index (χ4n) is 2.03. The molecule has 1 aromatic heterocycles. The Morgan fingerprint density at radius 2 is 2.47 bits per heavy atom. The van der Waals surface area contributed by atoms with E-state index in [1.165, 1.54) is 0 Å². The van der Waals surface area contributed by atoms with Gasteiger partial charge in [-0.3, -0.25) is 4.79 Å². The van der Waals surface area contributed by atoms with Crippen LogP contribution in [0.1, 0.15) is 31.5 Å². The van der Waals surface area contributed by atoms with Crippen LogP contribution in [0.3, 0.4) is 0 Å². The molecule has 1 atom stereocenters. The summed E-state index contributed by atoms with van der Waals surface area (Å²) in [5, 5.41) is 0. The van der Waals surface area contributed by atoms with Crippen molar-refractivity contribution in [2.45, 2.75) is 25.8 Å². The van der Waals surface area contributed by atoms with Gasteiger partial charge in [0.05, 0.1) is 11.7 Å². The number of hydrogen-bond acceptors (Lipinski definition) is 4. The van der Waals surface area contributed by atoms with E-state index < -0.39 is 0 Å². The number of likely N-dealkylation sites (tertiary alicyclic amines) is 1. The second kappa shape index (κ2) is 3.84. The van der Waals surface area contributed by atoms with Crippen LogP contribution >= 0.6 is 0 Å². The molecule has 0 spiro atoms. The fourth-order valence-corrected chi connectivity index (χ4v) is 2.03. The van der Waals surface area contributed by atoms with E-state index in [0.717, 1.165) is 25.1 Å². The second-order valence-corrected chi connectivity index (χ2v) is 3.71. The molecule has 5 heteroatoms. The number of anilines is 1. The number of aromatic nitrogens is 2. The smallest absolute Gasteiger partial charge is 0.220 e. The van der Waals surface area contributed by atoms with Crippen molar-refractivity contribution in [1.29, 1.82) is 0 Å². The van der Waals surface area contributed by atoms with Gasteiger partial charge in [0, 0.05) is 19.7 Å². The van der Waals surface area contributed by atoms with Gasteiger partial charge >= 0.3 is 0 Å². The zero-order valence-corrected chi connectivity index (χ0v) is 8.68. The molecule has 15 heavy (non-hydrogen) atoms. The highest BCUT2D eigenvalue weighted by atomic mass is 16.2. The molecule has 0 aromatic carbocycles. The number of carbonyl (C=O) groups excluding carboxylic acids is 1. The minimum absolute atomic E-state index is 0.0767. The average molecular weight is 206 g/mol. The van der Waals surface area contributed by atoms with Crippen molar-refractivity contribution in [2.24, 2.45) is 0 Å². The van der Waals surface area contributed by atoms with Crippen LogP contribution in [0.15, 0.2) is 12.3 Å². The average Bonchev–Trinajstić information content (AvgIpc) is 2.65. The van der Waals surface area contributed by atoms with Crippen molar-refractivity contribution in [1.82, 2.24) is 14.9 Å². The summed E-state index contributed by atoms with van der Waals surface area (Å²) in [7, 11) is 0. The lowest BCUT2D eigenvalue weighted by atomic mass is 10.1. The molecular weight excluding hydrogens is 192 g/mol. The lowest BCUT2D eigenvalue weighted by molar-refractivity contribution is -0.129. The van der Waals surface area contributed by atoms with Crippen molar-refractivity contribution in [3.05, 3.63) is 18.0 Å². The molecule has 0 saturated carbocycles. The Hall–Kier alpha value is -1.65. The third-order valence-electron chi connectivity index (χ3n) is 2.69. The molecule has 2 heterocycles. The Labute approximate surface area is 88.3 Å². The van der Waals surface area contributed by atoms with Gasteiger partial charge in [0.25, 0.3) is 0 Å². The first kappa shape index (κ1) is 9.89. The van der Waals surface area contributed by atoms with Gasteiger partial charge in [-0.1, -0.05) is 0 Å². The first-order valence-electron chi connectivity index (χ1n) is 5.04. The predicted molar refractivity (Wildman–Crippen MR) is 55.8 cm³/mol. The number of nitrogen functional groups attached to an aromatic ring is 1. The summed E-state index contributed by atoms with van der Waals surface area (Å²) in [5.74, 6) is 0.359. The Kier molecular flexibility index (Phi) is 2.53. The Bertz CT molecular complexity index is 379. The second-order valence-electron chi connectivity index (χ2n) is 3.71. The van der Waals surface area contributed by atoms with E-state index in [0.29, 0.717) is 0 Å². The van der Waals surface area contributed by atoms with Crippen LogP contribution in [0.5, 0.6) is 0 Å². The highest BCUT2D eigenvalue weighted by molar-refractivity contribution is 5.74. The number of carbonyl (C=O) groups is 1. The molecule has 1 aromatic rings. The summed E-state index contributed by atoms with van der Waals surface area (Å²) in [6.07, 6.45) is 3.61. The summed E-state index contributed by atoms with van der Waals surface area (Å²) in [6, 6.07) is 1.90. The fraction of sp³-hybridized carbons (Fsp3) is 0.500. The minimum atomic E-state index is 0.0767. The van der Waals surface area contributed by atoms with Gasteiger partial charge < -0.3 is 10.6 Å². The van der Waals surface area contributed by atoms with Gasteiger partial charge in [0.1, 0.15) is 0 Å². The summed E-state index contributed by atoms with van der Waals surface area (Å²) in [4.78, 5) is 21.2. The molecule has 1 unspecified atom stereocenters. The maximum atomic E-state index is 11.4. The molecule has 0 bridgehead atoms. The van der Waals surface area contributed by atoms with Crippen LogP contribution < -0.4 is 5.73 Å². The van der Waals surface area contributed by atoms with E-state index in [9.17, 15) is 4.79 Å². The Morgan fingerprint density at radius 3 is 3.13 bits per heavy atom. The van der Waals surface area contributed by atoms with Crippen LogP contribution in [0.4, 0.5) is 5.95 Å². The third kappa shape index (κ3) is 1.91. The zero-order chi connectivity index (χ0) is 10.8. The maximum absolute atomic E-state index is 11.4. The van der Waals surface area contributed by atoms with Crippen molar-refractivity contribution >= 4 is 11.9 Å². The zero-order valence-electron chi connectivity index (χ0n) is 8.68. The molecule has 1 aliphatic heterocycles. The molecule has 2 rings (SSSR count). The van der Waals surface area contributed by atoms with Gasteiger partial charge in [-0.15, -0.1) is 0 Å². The normalized spacial score (nSPS) is 20.6. The standard InChI is InChI=1S/C10H14N4O/c1-7(15)14-6-2-3-9(14)8-4-5-12-10(11)13-8/h4-5,9H,2-3,6H2,1H3,(H2,11,12,13). The number of nitrogens with two attached hydrogens (primary N) is 1. The van der Waals surface area contributed by atoms with E-state index in [2.05, 4.69) is 9.97 Å². The highest BCUT2D eigenvalue weighted by Crippen LogP contribution is 2.30. The number of hydrogen-bond donors (Lipinski definition) is 1. The van der Waals surface area contributed by atoms with Crippen LogP contribution in [-0.2, 0) is 4.79 Å². The summed E-state index contributed by atoms with van der Waals surface area (Å²) < 4.78 is 0. The van der Waals surface area contributed by atoms with Crippen molar-refractivity contribution in [3.63, 3.8) is 0 Å². The van der Waals surface area contributed by atoms with E-state index in [4.69, 9.17) is 5.73 Å². The lowest BCUT2D eigenvalue weighted by Crippen LogP contribution is -2.28. The molecule has 0 radical (unpaired) electrons. The Balaban J connectivity index is 2.26. The number of amides is 1. The predicted octanol–water partition coefficient (Wildman–Crippen LogP) is 0.742. The quantitative estimate of drug-likeness (QED) is 0.735. The molecule has 1 fully saturated rings. The van der Waals surface area contributed by atoms with Crippen LogP contribution in [0, 0.1) is 0 Å². The number of rotatable bonds is 1. The molecular formula is C10H14N4O. The van der Waals surface area contributed by atoms with E-state index in [-0.39, 0.29) is 17.9 Å². The minimum Gasteiger partial charge on any atom is -0.368 e. The largest absolute Gasteiger partial charge is 0.368 e. The van der Waals surface area contributed by atoms with Gasteiger partial charge in [-0.2, -0.15) is 0 Å². The van der Waals surface area contributed by atoms with Crippen molar-refractivity contribution < 1.29 is 4.79 Å². The highest BCUT2D eigenvalue weighted by Gasteiger charge is 2.28. The molecule has 2 N–H and O–H groups in total. The summed E-state index contributed by atoms with van der Waals surface area (Å²) >= 11 is 0. The third-order valence-corrected chi connectivity index (χ3v) is 2.69. The van der Waals surface area contributed by atoms with Crippen molar-refractivity contribution in [3.8, 4) is 0 Å². The Morgan fingerprint density at radius 1 is 1.67 bits per heavy atom. The monoisotopic (exact) mass is 206 g/mol. The van der Waals surface area contributed by atoms with E-state index in [1.54, 1.807) is 13.1 Å². The molecule has 0 aliphatic carbocycles.